The topological polar surface area (TPSA) is 75.1 Å². The first kappa shape index (κ1) is 19.6. The van der Waals surface area contributed by atoms with Gasteiger partial charge in [-0.15, -0.1) is 11.3 Å². The van der Waals surface area contributed by atoms with Crippen molar-refractivity contribution in [2.75, 3.05) is 31.2 Å². The van der Waals surface area contributed by atoms with Gasteiger partial charge in [0.1, 0.15) is 19.0 Å². The van der Waals surface area contributed by atoms with E-state index in [1.54, 1.807) is 6.20 Å². The van der Waals surface area contributed by atoms with Crippen molar-refractivity contribution in [1.29, 1.82) is 0 Å². The number of ether oxygens (including phenoxy) is 2. The van der Waals surface area contributed by atoms with Crippen LogP contribution in [0.5, 0.6) is 11.5 Å². The third-order valence-corrected chi connectivity index (χ3v) is 7.38. The van der Waals surface area contributed by atoms with Gasteiger partial charge in [0.15, 0.2) is 11.5 Å². The molecule has 0 saturated carbocycles. The lowest BCUT2D eigenvalue weighted by Crippen LogP contribution is -2.40. The maximum absolute atomic E-state index is 13.5. The third kappa shape index (κ3) is 3.40. The number of hydrogen-bond donors (Lipinski definition) is 1. The molecule has 0 bridgehead atoms. The number of fused-ring (bicyclic) bond motifs is 4. The standard InChI is InChI=1S/C24H23N3O4S/c28-18-11-17-13-26(12-16-2-1-7-25-23(16)27(17)14-18)24(29)22-6-5-21(32-22)15-3-4-19-20(10-15)31-9-8-30-19/h1-7,10,17-18,28H,8-9,11-14H2/t17-,18-/m1/s1. The maximum Gasteiger partial charge on any atom is 0.264 e. The molecule has 1 saturated heterocycles. The van der Waals surface area contributed by atoms with Crippen molar-refractivity contribution in [2.24, 2.45) is 0 Å². The van der Waals surface area contributed by atoms with Gasteiger partial charge < -0.3 is 24.4 Å². The molecule has 0 spiro atoms. The molecule has 2 aromatic heterocycles. The van der Waals surface area contributed by atoms with Crippen molar-refractivity contribution in [3.8, 4) is 21.9 Å². The van der Waals surface area contributed by atoms with Crippen LogP contribution >= 0.6 is 11.3 Å². The van der Waals surface area contributed by atoms with Crippen molar-refractivity contribution in [3.63, 3.8) is 0 Å². The summed E-state index contributed by atoms with van der Waals surface area (Å²) in [6, 6.07) is 13.8. The number of benzene rings is 1. The number of thiophene rings is 1. The number of anilines is 1. The second kappa shape index (κ2) is 7.79. The molecule has 3 aliphatic rings. The van der Waals surface area contributed by atoms with Crippen LogP contribution in [-0.2, 0) is 6.54 Å². The summed E-state index contributed by atoms with van der Waals surface area (Å²) in [6.45, 7) is 2.76. The average Bonchev–Trinajstić information content (AvgIpc) is 3.42. The van der Waals surface area contributed by atoms with E-state index in [-0.39, 0.29) is 11.9 Å². The van der Waals surface area contributed by atoms with Crippen molar-refractivity contribution in [2.45, 2.75) is 25.1 Å². The molecule has 0 radical (unpaired) electrons. The van der Waals surface area contributed by atoms with Crippen molar-refractivity contribution < 1.29 is 19.4 Å². The molecule has 5 heterocycles. The van der Waals surface area contributed by atoms with Gasteiger partial charge in [-0.1, -0.05) is 6.07 Å². The summed E-state index contributed by atoms with van der Waals surface area (Å²) < 4.78 is 11.3. The summed E-state index contributed by atoms with van der Waals surface area (Å²) in [4.78, 5) is 23.8. The molecule has 32 heavy (non-hydrogen) atoms. The van der Waals surface area contributed by atoms with E-state index < -0.39 is 6.10 Å². The molecule has 1 aromatic carbocycles. The summed E-state index contributed by atoms with van der Waals surface area (Å²) in [5.74, 6) is 2.39. The average molecular weight is 450 g/mol. The Bertz CT molecular complexity index is 1180. The molecule has 7 nitrogen and oxygen atoms in total. The van der Waals surface area contributed by atoms with Crippen LogP contribution < -0.4 is 14.4 Å². The number of pyridine rings is 1. The predicted octanol–water partition coefficient (Wildman–Crippen LogP) is 3.18. The van der Waals surface area contributed by atoms with Crippen LogP contribution in [0.25, 0.3) is 10.4 Å². The highest BCUT2D eigenvalue weighted by atomic mass is 32.1. The smallest absolute Gasteiger partial charge is 0.264 e. The number of hydrogen-bond acceptors (Lipinski definition) is 7. The fraction of sp³-hybridized carbons (Fsp3) is 0.333. The fourth-order valence-electron chi connectivity index (χ4n) is 4.78. The van der Waals surface area contributed by atoms with Gasteiger partial charge in [-0.2, -0.15) is 0 Å². The van der Waals surface area contributed by atoms with Gasteiger partial charge in [0.05, 0.1) is 17.0 Å². The van der Waals surface area contributed by atoms with Gasteiger partial charge in [0.25, 0.3) is 5.91 Å². The molecule has 0 unspecified atom stereocenters. The Kier molecular flexibility index (Phi) is 4.77. The quantitative estimate of drug-likeness (QED) is 0.648. The Hall–Kier alpha value is -3.10. The second-order valence-electron chi connectivity index (χ2n) is 8.39. The van der Waals surface area contributed by atoms with E-state index >= 15 is 0 Å². The van der Waals surface area contributed by atoms with Crippen LogP contribution in [0.4, 0.5) is 5.82 Å². The van der Waals surface area contributed by atoms with Gasteiger partial charge in [-0.25, -0.2) is 4.98 Å². The van der Waals surface area contributed by atoms with Gasteiger partial charge in [0.2, 0.25) is 0 Å². The highest BCUT2D eigenvalue weighted by molar-refractivity contribution is 7.17. The van der Waals surface area contributed by atoms with E-state index in [0.29, 0.717) is 44.1 Å². The fourth-order valence-corrected chi connectivity index (χ4v) is 5.75. The van der Waals surface area contributed by atoms with Crippen LogP contribution in [-0.4, -0.2) is 59.3 Å². The normalized spacial score (nSPS) is 21.7. The monoisotopic (exact) mass is 449 g/mol. The molecule has 6 rings (SSSR count). The van der Waals surface area contributed by atoms with Crippen molar-refractivity contribution in [3.05, 3.63) is 59.1 Å². The molecule has 2 atom stereocenters. The summed E-state index contributed by atoms with van der Waals surface area (Å²) in [5, 5.41) is 10.2. The number of aromatic nitrogens is 1. The van der Waals surface area contributed by atoms with E-state index in [9.17, 15) is 9.90 Å². The number of aliphatic hydroxyl groups is 1. The summed E-state index contributed by atoms with van der Waals surface area (Å²) in [5.41, 5.74) is 2.02. The van der Waals surface area contributed by atoms with Crippen LogP contribution in [0.3, 0.4) is 0 Å². The molecular formula is C24H23N3O4S. The lowest BCUT2D eigenvalue weighted by molar-refractivity contribution is 0.0738. The minimum atomic E-state index is -0.395. The number of aliphatic hydroxyl groups excluding tert-OH is 1. The minimum absolute atomic E-state index is 0.0110. The van der Waals surface area contributed by atoms with Gasteiger partial charge in [0, 0.05) is 36.3 Å². The summed E-state index contributed by atoms with van der Waals surface area (Å²) in [7, 11) is 0. The first-order chi connectivity index (χ1) is 15.7. The van der Waals surface area contributed by atoms with Gasteiger partial charge >= 0.3 is 0 Å². The Morgan fingerprint density at radius 2 is 1.97 bits per heavy atom. The molecule has 1 fully saturated rings. The maximum atomic E-state index is 13.5. The SMILES string of the molecule is O=C(c1ccc(-c2ccc3c(c2)OCCO3)s1)N1Cc2cccnc2N2C[C@H](O)C[C@@H]2C1. The summed E-state index contributed by atoms with van der Waals surface area (Å²) in [6.07, 6.45) is 2.03. The number of nitrogens with zero attached hydrogens (tertiary/aromatic N) is 3. The lowest BCUT2D eigenvalue weighted by atomic mass is 10.1. The molecular weight excluding hydrogens is 426 g/mol. The molecule has 3 aliphatic heterocycles. The largest absolute Gasteiger partial charge is 0.486 e. The number of rotatable bonds is 2. The molecule has 3 aromatic rings. The van der Waals surface area contributed by atoms with E-state index in [1.165, 1.54) is 11.3 Å². The Labute approximate surface area is 189 Å². The number of carbonyl (C=O) groups is 1. The third-order valence-electron chi connectivity index (χ3n) is 6.25. The Balaban J connectivity index is 1.28. The van der Waals surface area contributed by atoms with Crippen molar-refractivity contribution in [1.82, 2.24) is 9.88 Å². The van der Waals surface area contributed by atoms with Crippen molar-refractivity contribution >= 4 is 23.1 Å². The molecule has 164 valence electrons. The summed E-state index contributed by atoms with van der Waals surface area (Å²) >= 11 is 1.49. The van der Waals surface area contributed by atoms with E-state index in [0.717, 1.165) is 33.3 Å². The highest BCUT2D eigenvalue weighted by Gasteiger charge is 2.38. The second-order valence-corrected chi connectivity index (χ2v) is 9.47. The lowest BCUT2D eigenvalue weighted by Gasteiger charge is -2.26. The predicted molar refractivity (Wildman–Crippen MR) is 121 cm³/mol. The Morgan fingerprint density at radius 1 is 1.09 bits per heavy atom. The van der Waals surface area contributed by atoms with Gasteiger partial charge in [-0.3, -0.25) is 4.79 Å². The molecule has 0 aliphatic carbocycles. The van der Waals surface area contributed by atoms with Gasteiger partial charge in [-0.05, 0) is 48.4 Å². The zero-order chi connectivity index (χ0) is 21.7. The molecule has 8 heteroatoms. The molecule has 1 amide bonds. The Morgan fingerprint density at radius 3 is 2.88 bits per heavy atom. The molecule has 1 N–H and O–H groups in total. The first-order valence-corrected chi connectivity index (χ1v) is 11.6. The van der Waals surface area contributed by atoms with Crippen LogP contribution in [0.2, 0.25) is 0 Å². The number of amides is 1. The van der Waals surface area contributed by atoms with E-state index in [4.69, 9.17) is 9.47 Å². The van der Waals surface area contributed by atoms with Crippen LogP contribution in [0.15, 0.2) is 48.7 Å². The van der Waals surface area contributed by atoms with Crippen LogP contribution in [0, 0.1) is 0 Å². The zero-order valence-corrected chi connectivity index (χ0v) is 18.3. The highest BCUT2D eigenvalue weighted by Crippen LogP contribution is 2.38. The van der Waals surface area contributed by atoms with E-state index in [1.807, 2.05) is 47.4 Å². The zero-order valence-electron chi connectivity index (χ0n) is 17.4. The van der Waals surface area contributed by atoms with Crippen LogP contribution in [0.1, 0.15) is 21.7 Å². The minimum Gasteiger partial charge on any atom is -0.486 e. The van der Waals surface area contributed by atoms with E-state index in [2.05, 4.69) is 9.88 Å². The number of carbonyl (C=O) groups excluding carboxylic acids is 1. The first-order valence-electron chi connectivity index (χ1n) is 10.8.